The van der Waals surface area contributed by atoms with Crippen LogP contribution in [0.1, 0.15) is 31.7 Å². The number of nitrogens with zero attached hydrogens (tertiary/aromatic N) is 1. The normalized spacial score (nSPS) is 11.3. The lowest BCUT2D eigenvalue weighted by Gasteiger charge is -2.16. The molecule has 0 radical (unpaired) electrons. The number of nitrogens with one attached hydrogen (secondary N) is 1. The van der Waals surface area contributed by atoms with Crippen LogP contribution < -0.4 is 19.5 Å². The van der Waals surface area contributed by atoms with Crippen molar-refractivity contribution in [2.45, 2.75) is 38.6 Å². The highest BCUT2D eigenvalue weighted by Crippen LogP contribution is 2.40. The Hall–Kier alpha value is -2.42. The maximum atomic E-state index is 12.0. The number of methoxy groups -OCH3 is 3. The van der Waals surface area contributed by atoms with Gasteiger partial charge in [0, 0.05) is 6.42 Å². The number of hydrogen-bond acceptors (Lipinski definition) is 5. The van der Waals surface area contributed by atoms with Gasteiger partial charge in [0.15, 0.2) is 11.5 Å². The Labute approximate surface area is 137 Å². The minimum Gasteiger partial charge on any atom is -0.493 e. The van der Waals surface area contributed by atoms with Crippen molar-refractivity contribution in [1.29, 1.82) is 5.26 Å². The smallest absolute Gasteiger partial charge is 0.221 e. The van der Waals surface area contributed by atoms with E-state index in [1.54, 1.807) is 27.4 Å². The zero-order valence-corrected chi connectivity index (χ0v) is 14.1. The fourth-order valence-electron chi connectivity index (χ4n) is 2.33. The zero-order valence-electron chi connectivity index (χ0n) is 14.1. The van der Waals surface area contributed by atoms with E-state index in [9.17, 15) is 4.79 Å². The first-order valence-electron chi connectivity index (χ1n) is 7.58. The van der Waals surface area contributed by atoms with Gasteiger partial charge in [-0.05, 0) is 24.5 Å². The second-order valence-electron chi connectivity index (χ2n) is 5.03. The Kier molecular flexibility index (Phi) is 7.75. The van der Waals surface area contributed by atoms with Gasteiger partial charge in [-0.3, -0.25) is 4.79 Å². The molecule has 0 spiro atoms. The van der Waals surface area contributed by atoms with Crippen LogP contribution in [0.2, 0.25) is 0 Å². The van der Waals surface area contributed by atoms with Crippen LogP contribution in [-0.4, -0.2) is 33.3 Å². The van der Waals surface area contributed by atoms with Gasteiger partial charge in [-0.25, -0.2) is 0 Å². The van der Waals surface area contributed by atoms with E-state index in [1.165, 1.54) is 0 Å². The van der Waals surface area contributed by atoms with Crippen molar-refractivity contribution in [2.75, 3.05) is 21.3 Å². The molecule has 1 atom stereocenters. The standard InChI is InChI=1S/C17H24N2O4/c1-5-6-13(11-18)19-15(20)10-8-12-7-9-14(21-2)17(23-4)16(12)22-3/h7,9,13H,5-6,8,10H2,1-4H3,(H,19,20)/t13-/m0/s1. The van der Waals surface area contributed by atoms with Gasteiger partial charge >= 0.3 is 0 Å². The highest BCUT2D eigenvalue weighted by atomic mass is 16.5. The van der Waals surface area contributed by atoms with Gasteiger partial charge in [0.25, 0.3) is 0 Å². The van der Waals surface area contributed by atoms with E-state index in [2.05, 4.69) is 11.4 Å². The fourth-order valence-corrected chi connectivity index (χ4v) is 2.33. The molecule has 0 aliphatic rings. The Morgan fingerprint density at radius 3 is 2.43 bits per heavy atom. The van der Waals surface area contributed by atoms with Crippen LogP contribution in [0, 0.1) is 11.3 Å². The summed E-state index contributed by atoms with van der Waals surface area (Å²) in [7, 11) is 4.65. The molecule has 6 nitrogen and oxygen atoms in total. The van der Waals surface area contributed by atoms with Crippen LogP contribution in [0.5, 0.6) is 17.2 Å². The first-order valence-corrected chi connectivity index (χ1v) is 7.58. The highest BCUT2D eigenvalue weighted by Gasteiger charge is 2.17. The fraction of sp³-hybridized carbons (Fsp3) is 0.529. The first kappa shape index (κ1) is 18.6. The summed E-state index contributed by atoms with van der Waals surface area (Å²) in [5, 5.41) is 11.7. The lowest BCUT2D eigenvalue weighted by Crippen LogP contribution is -2.33. The Morgan fingerprint density at radius 2 is 1.91 bits per heavy atom. The molecule has 6 heteroatoms. The lowest BCUT2D eigenvalue weighted by molar-refractivity contribution is -0.121. The summed E-state index contributed by atoms with van der Waals surface area (Å²) in [6.07, 6.45) is 2.26. The molecule has 0 aromatic heterocycles. The number of hydrogen-bond donors (Lipinski definition) is 1. The average Bonchev–Trinajstić information content (AvgIpc) is 2.58. The number of benzene rings is 1. The third-order valence-electron chi connectivity index (χ3n) is 3.48. The van der Waals surface area contributed by atoms with Crippen LogP contribution in [-0.2, 0) is 11.2 Å². The molecular formula is C17H24N2O4. The van der Waals surface area contributed by atoms with Crippen molar-refractivity contribution in [1.82, 2.24) is 5.32 Å². The highest BCUT2D eigenvalue weighted by molar-refractivity contribution is 5.77. The van der Waals surface area contributed by atoms with E-state index in [-0.39, 0.29) is 12.3 Å². The number of amides is 1. The summed E-state index contributed by atoms with van der Waals surface area (Å²) in [5.74, 6) is 1.49. The molecule has 0 unspecified atom stereocenters. The quantitative estimate of drug-likeness (QED) is 0.756. The van der Waals surface area contributed by atoms with Crippen LogP contribution in [0.25, 0.3) is 0 Å². The number of carbonyl (C=O) groups is 1. The van der Waals surface area contributed by atoms with Crippen LogP contribution >= 0.6 is 0 Å². The molecule has 1 aromatic carbocycles. The maximum Gasteiger partial charge on any atom is 0.221 e. The third-order valence-corrected chi connectivity index (χ3v) is 3.48. The van der Waals surface area contributed by atoms with E-state index in [0.717, 1.165) is 12.0 Å². The van der Waals surface area contributed by atoms with Crippen molar-refractivity contribution >= 4 is 5.91 Å². The van der Waals surface area contributed by atoms with E-state index in [1.807, 2.05) is 13.0 Å². The van der Waals surface area contributed by atoms with Crippen molar-refractivity contribution < 1.29 is 19.0 Å². The van der Waals surface area contributed by atoms with Crippen molar-refractivity contribution in [3.8, 4) is 23.3 Å². The van der Waals surface area contributed by atoms with Gasteiger partial charge in [0.05, 0.1) is 27.4 Å². The largest absolute Gasteiger partial charge is 0.493 e. The lowest BCUT2D eigenvalue weighted by atomic mass is 10.1. The molecule has 0 fully saturated rings. The van der Waals surface area contributed by atoms with Gasteiger partial charge < -0.3 is 19.5 Å². The molecule has 1 N–H and O–H groups in total. The number of rotatable bonds is 9. The zero-order chi connectivity index (χ0) is 17.2. The average molecular weight is 320 g/mol. The van der Waals surface area contributed by atoms with Crippen molar-refractivity contribution in [3.63, 3.8) is 0 Å². The molecule has 0 heterocycles. The summed E-state index contributed by atoms with van der Waals surface area (Å²) in [4.78, 5) is 12.0. The second-order valence-corrected chi connectivity index (χ2v) is 5.03. The second kappa shape index (κ2) is 9.57. The number of carbonyl (C=O) groups excluding carboxylic acids is 1. The van der Waals surface area contributed by atoms with Crippen molar-refractivity contribution in [3.05, 3.63) is 17.7 Å². The third kappa shape index (κ3) is 5.06. The molecular weight excluding hydrogens is 296 g/mol. The molecule has 0 saturated carbocycles. The monoisotopic (exact) mass is 320 g/mol. The van der Waals surface area contributed by atoms with Crippen molar-refractivity contribution in [2.24, 2.45) is 0 Å². The summed E-state index contributed by atoms with van der Waals surface area (Å²) < 4.78 is 16.0. The molecule has 0 aliphatic heterocycles. The summed E-state index contributed by atoms with van der Waals surface area (Å²) in [6, 6.07) is 5.29. The summed E-state index contributed by atoms with van der Waals surface area (Å²) >= 11 is 0. The van der Waals surface area contributed by atoms with Crippen LogP contribution in [0.4, 0.5) is 0 Å². The van der Waals surface area contributed by atoms with Gasteiger partial charge in [-0.1, -0.05) is 19.4 Å². The molecule has 0 bridgehead atoms. The minimum atomic E-state index is -0.431. The Morgan fingerprint density at radius 1 is 1.22 bits per heavy atom. The van der Waals surface area contributed by atoms with Gasteiger partial charge in [-0.15, -0.1) is 0 Å². The topological polar surface area (TPSA) is 80.6 Å². The maximum absolute atomic E-state index is 12.0. The van der Waals surface area contributed by atoms with E-state index >= 15 is 0 Å². The number of nitriles is 1. The molecule has 0 saturated heterocycles. The van der Waals surface area contributed by atoms with Gasteiger partial charge in [0.2, 0.25) is 11.7 Å². The van der Waals surface area contributed by atoms with E-state index < -0.39 is 6.04 Å². The molecule has 0 aliphatic carbocycles. The van der Waals surface area contributed by atoms with E-state index in [0.29, 0.717) is 30.1 Å². The number of ether oxygens (including phenoxy) is 3. The molecule has 1 aromatic rings. The molecule has 1 rings (SSSR count). The van der Waals surface area contributed by atoms with Gasteiger partial charge in [0.1, 0.15) is 6.04 Å². The summed E-state index contributed by atoms with van der Waals surface area (Å²) in [6.45, 7) is 1.98. The SMILES string of the molecule is CCC[C@@H](C#N)NC(=O)CCc1ccc(OC)c(OC)c1OC. The Balaban J connectivity index is 2.78. The first-order chi connectivity index (χ1) is 11.1. The van der Waals surface area contributed by atoms with Gasteiger partial charge in [-0.2, -0.15) is 5.26 Å². The molecule has 126 valence electrons. The summed E-state index contributed by atoms with van der Waals surface area (Å²) in [5.41, 5.74) is 0.851. The molecule has 1 amide bonds. The predicted octanol–water partition coefficient (Wildman–Crippen LogP) is 2.45. The number of aryl methyl sites for hydroxylation is 1. The van der Waals surface area contributed by atoms with E-state index in [4.69, 9.17) is 19.5 Å². The predicted molar refractivity (Wildman–Crippen MR) is 86.9 cm³/mol. The molecule has 23 heavy (non-hydrogen) atoms. The Bertz CT molecular complexity index is 566. The van der Waals surface area contributed by atoms with Crippen LogP contribution in [0.3, 0.4) is 0 Å². The minimum absolute atomic E-state index is 0.151. The van der Waals surface area contributed by atoms with Crippen LogP contribution in [0.15, 0.2) is 12.1 Å².